The van der Waals surface area contributed by atoms with Gasteiger partial charge in [-0.3, -0.25) is 0 Å². The van der Waals surface area contributed by atoms with E-state index in [0.717, 1.165) is 19.0 Å². The first kappa shape index (κ1) is 11.8. The molecule has 0 bridgehead atoms. The summed E-state index contributed by atoms with van der Waals surface area (Å²) >= 11 is 3.65. The molecule has 0 aromatic carbocycles. The van der Waals surface area contributed by atoms with Gasteiger partial charge >= 0.3 is 0 Å². The Kier molecular flexibility index (Phi) is 4.16. The van der Waals surface area contributed by atoms with Gasteiger partial charge < -0.3 is 5.32 Å². The third kappa shape index (κ3) is 3.17. The highest BCUT2D eigenvalue weighted by Crippen LogP contribution is 2.29. The molecule has 0 unspecified atom stereocenters. The predicted molar refractivity (Wildman–Crippen MR) is 74.2 cm³/mol. The molecule has 0 aliphatic carbocycles. The van der Waals surface area contributed by atoms with E-state index in [9.17, 15) is 0 Å². The van der Waals surface area contributed by atoms with E-state index >= 15 is 0 Å². The molecule has 86 valence electrons. The van der Waals surface area contributed by atoms with E-state index in [4.69, 9.17) is 0 Å². The zero-order chi connectivity index (χ0) is 11.4. The van der Waals surface area contributed by atoms with Gasteiger partial charge in [0.05, 0.1) is 0 Å². The second-order valence-electron chi connectivity index (χ2n) is 4.30. The van der Waals surface area contributed by atoms with Gasteiger partial charge in [-0.15, -0.1) is 22.7 Å². The summed E-state index contributed by atoms with van der Waals surface area (Å²) in [6.07, 6.45) is 0. The molecule has 0 atom stereocenters. The standard InChI is InChI=1S/C13H17NS2/c1-10(2)7-14-8-12-6-11(9-16-12)13-4-3-5-15-13/h3-6,9-10,14H,7-8H2,1-2H3. The quantitative estimate of drug-likeness (QED) is 0.839. The Morgan fingerprint density at radius 1 is 1.31 bits per heavy atom. The van der Waals surface area contributed by atoms with E-state index in [1.807, 2.05) is 11.3 Å². The lowest BCUT2D eigenvalue weighted by molar-refractivity contribution is 0.555. The van der Waals surface area contributed by atoms with Gasteiger partial charge in [-0.25, -0.2) is 0 Å². The molecular weight excluding hydrogens is 234 g/mol. The van der Waals surface area contributed by atoms with Crippen LogP contribution < -0.4 is 5.32 Å². The summed E-state index contributed by atoms with van der Waals surface area (Å²) < 4.78 is 0. The molecule has 0 fully saturated rings. The summed E-state index contributed by atoms with van der Waals surface area (Å²) in [6, 6.07) is 6.58. The van der Waals surface area contributed by atoms with Crippen molar-refractivity contribution in [1.29, 1.82) is 0 Å². The van der Waals surface area contributed by atoms with E-state index in [1.165, 1.54) is 15.3 Å². The number of hydrogen-bond donors (Lipinski definition) is 1. The SMILES string of the molecule is CC(C)CNCc1cc(-c2cccs2)cs1. The molecule has 2 heterocycles. The fourth-order valence-corrected chi connectivity index (χ4v) is 3.17. The molecule has 16 heavy (non-hydrogen) atoms. The van der Waals surface area contributed by atoms with Crippen LogP contribution in [-0.2, 0) is 6.54 Å². The Morgan fingerprint density at radius 3 is 2.88 bits per heavy atom. The minimum Gasteiger partial charge on any atom is -0.312 e. The first-order chi connectivity index (χ1) is 7.75. The maximum absolute atomic E-state index is 3.47. The van der Waals surface area contributed by atoms with Crippen LogP contribution in [0.2, 0.25) is 0 Å². The molecule has 2 rings (SSSR count). The number of thiophene rings is 2. The number of nitrogens with one attached hydrogen (secondary N) is 1. The minimum absolute atomic E-state index is 0.719. The van der Waals surface area contributed by atoms with Crippen LogP contribution in [0.3, 0.4) is 0 Å². The average Bonchev–Trinajstić information content (AvgIpc) is 2.85. The van der Waals surface area contributed by atoms with Crippen molar-refractivity contribution in [3.63, 3.8) is 0 Å². The fourth-order valence-electron chi connectivity index (χ4n) is 1.53. The van der Waals surface area contributed by atoms with Crippen LogP contribution in [-0.4, -0.2) is 6.54 Å². The molecule has 0 aliphatic heterocycles. The smallest absolute Gasteiger partial charge is 0.0351 e. The van der Waals surface area contributed by atoms with Crippen molar-refractivity contribution in [3.05, 3.63) is 33.8 Å². The van der Waals surface area contributed by atoms with Gasteiger partial charge in [-0.05, 0) is 35.4 Å². The second kappa shape index (κ2) is 5.62. The molecule has 2 aromatic rings. The third-order valence-corrected chi connectivity index (χ3v) is 4.17. The lowest BCUT2D eigenvalue weighted by atomic mass is 10.2. The van der Waals surface area contributed by atoms with Crippen molar-refractivity contribution < 1.29 is 0 Å². The highest BCUT2D eigenvalue weighted by molar-refractivity contribution is 7.14. The van der Waals surface area contributed by atoms with E-state index in [1.54, 1.807) is 11.3 Å². The molecular formula is C13H17NS2. The van der Waals surface area contributed by atoms with Crippen LogP contribution in [0.25, 0.3) is 10.4 Å². The van der Waals surface area contributed by atoms with Gasteiger partial charge in [-0.2, -0.15) is 0 Å². The van der Waals surface area contributed by atoms with Gasteiger partial charge in [0.2, 0.25) is 0 Å². The van der Waals surface area contributed by atoms with E-state index in [2.05, 4.69) is 48.1 Å². The van der Waals surface area contributed by atoms with Crippen molar-refractivity contribution in [2.75, 3.05) is 6.54 Å². The van der Waals surface area contributed by atoms with Crippen LogP contribution in [0.4, 0.5) is 0 Å². The largest absolute Gasteiger partial charge is 0.312 e. The minimum atomic E-state index is 0.719. The Labute approximate surface area is 105 Å². The van der Waals surface area contributed by atoms with Gasteiger partial charge in [0.1, 0.15) is 0 Å². The van der Waals surface area contributed by atoms with E-state index in [-0.39, 0.29) is 0 Å². The summed E-state index contributed by atoms with van der Waals surface area (Å²) in [5.74, 6) is 0.719. The van der Waals surface area contributed by atoms with Crippen molar-refractivity contribution >= 4 is 22.7 Å². The molecule has 1 N–H and O–H groups in total. The van der Waals surface area contributed by atoms with Crippen LogP contribution in [0.1, 0.15) is 18.7 Å². The van der Waals surface area contributed by atoms with Crippen molar-refractivity contribution in [1.82, 2.24) is 5.32 Å². The summed E-state index contributed by atoms with van der Waals surface area (Å²) in [5.41, 5.74) is 1.36. The Morgan fingerprint density at radius 2 is 2.19 bits per heavy atom. The van der Waals surface area contributed by atoms with Gasteiger partial charge in [0.25, 0.3) is 0 Å². The molecule has 0 saturated carbocycles. The molecule has 0 amide bonds. The van der Waals surface area contributed by atoms with Crippen LogP contribution in [0.15, 0.2) is 29.0 Å². The molecule has 3 heteroatoms. The Bertz CT molecular complexity index is 415. The van der Waals surface area contributed by atoms with Gasteiger partial charge in [0.15, 0.2) is 0 Å². The molecule has 2 aromatic heterocycles. The maximum Gasteiger partial charge on any atom is 0.0351 e. The lowest BCUT2D eigenvalue weighted by Gasteiger charge is -2.04. The second-order valence-corrected chi connectivity index (χ2v) is 6.25. The lowest BCUT2D eigenvalue weighted by Crippen LogP contribution is -2.18. The summed E-state index contributed by atoms with van der Waals surface area (Å²) in [7, 11) is 0. The summed E-state index contributed by atoms with van der Waals surface area (Å²) in [5, 5.41) is 7.85. The molecule has 0 saturated heterocycles. The fraction of sp³-hybridized carbons (Fsp3) is 0.385. The van der Waals surface area contributed by atoms with Crippen molar-refractivity contribution in [3.8, 4) is 10.4 Å². The highest BCUT2D eigenvalue weighted by atomic mass is 32.1. The van der Waals surface area contributed by atoms with Gasteiger partial charge in [0, 0.05) is 21.9 Å². The number of rotatable bonds is 5. The molecule has 0 aliphatic rings. The zero-order valence-corrected chi connectivity index (χ0v) is 11.3. The molecule has 0 spiro atoms. The summed E-state index contributed by atoms with van der Waals surface area (Å²) in [6.45, 7) is 6.55. The van der Waals surface area contributed by atoms with Crippen LogP contribution in [0, 0.1) is 5.92 Å². The van der Waals surface area contributed by atoms with E-state index in [0.29, 0.717) is 0 Å². The Hall–Kier alpha value is -0.640. The van der Waals surface area contributed by atoms with Crippen molar-refractivity contribution in [2.24, 2.45) is 5.92 Å². The van der Waals surface area contributed by atoms with Crippen LogP contribution >= 0.6 is 22.7 Å². The first-order valence-electron chi connectivity index (χ1n) is 5.57. The van der Waals surface area contributed by atoms with Crippen LogP contribution in [0.5, 0.6) is 0 Å². The first-order valence-corrected chi connectivity index (χ1v) is 7.33. The summed E-state index contributed by atoms with van der Waals surface area (Å²) in [4.78, 5) is 2.79. The normalized spacial score (nSPS) is 11.2. The topological polar surface area (TPSA) is 12.0 Å². The average molecular weight is 251 g/mol. The zero-order valence-electron chi connectivity index (χ0n) is 9.69. The third-order valence-electron chi connectivity index (χ3n) is 2.31. The monoisotopic (exact) mass is 251 g/mol. The predicted octanol–water partition coefficient (Wildman–Crippen LogP) is 4.22. The van der Waals surface area contributed by atoms with E-state index < -0.39 is 0 Å². The maximum atomic E-state index is 3.47. The highest BCUT2D eigenvalue weighted by Gasteiger charge is 2.03. The van der Waals surface area contributed by atoms with Gasteiger partial charge in [-0.1, -0.05) is 19.9 Å². The molecule has 1 nitrogen and oxygen atoms in total. The Balaban J connectivity index is 1.93. The molecule has 0 radical (unpaired) electrons. The van der Waals surface area contributed by atoms with Crippen molar-refractivity contribution in [2.45, 2.75) is 20.4 Å². The number of hydrogen-bond acceptors (Lipinski definition) is 3.